The summed E-state index contributed by atoms with van der Waals surface area (Å²) in [5, 5.41) is 5.00. The molecule has 0 fully saturated rings. The van der Waals surface area contributed by atoms with E-state index < -0.39 is 0 Å². The van der Waals surface area contributed by atoms with Gasteiger partial charge in [0.15, 0.2) is 0 Å². The van der Waals surface area contributed by atoms with Crippen LogP contribution in [0.5, 0.6) is 0 Å². The third-order valence-electron chi connectivity index (χ3n) is 3.09. The lowest BCUT2D eigenvalue weighted by Gasteiger charge is -2.09. The van der Waals surface area contributed by atoms with Gasteiger partial charge in [0.2, 0.25) is 0 Å². The van der Waals surface area contributed by atoms with Crippen LogP contribution in [0.4, 0.5) is 0 Å². The SMILES string of the molecule is CCCNCc1ccc(SCc2ccccc2Cl)c(Cl)c1. The minimum atomic E-state index is 0.807. The van der Waals surface area contributed by atoms with Crippen LogP contribution in [0, 0.1) is 0 Å². The molecule has 2 rings (SSSR count). The van der Waals surface area contributed by atoms with E-state index in [9.17, 15) is 0 Å². The fraction of sp³-hybridized carbons (Fsp3) is 0.294. The van der Waals surface area contributed by atoms with Gasteiger partial charge in [0.25, 0.3) is 0 Å². The summed E-state index contributed by atoms with van der Waals surface area (Å²) in [6.45, 7) is 4.05. The fourth-order valence-corrected chi connectivity index (χ4v) is 3.52. The molecule has 0 aliphatic heterocycles. The average molecular weight is 340 g/mol. The number of rotatable bonds is 7. The lowest BCUT2D eigenvalue weighted by atomic mass is 10.2. The van der Waals surface area contributed by atoms with Crippen LogP contribution in [-0.2, 0) is 12.3 Å². The van der Waals surface area contributed by atoms with Crippen LogP contribution in [0.3, 0.4) is 0 Å². The van der Waals surface area contributed by atoms with Crippen LogP contribution in [0.2, 0.25) is 10.0 Å². The molecule has 4 heteroatoms. The molecule has 21 heavy (non-hydrogen) atoms. The van der Waals surface area contributed by atoms with Crippen LogP contribution < -0.4 is 5.32 Å². The highest BCUT2D eigenvalue weighted by molar-refractivity contribution is 7.98. The quantitative estimate of drug-likeness (QED) is 0.506. The molecule has 112 valence electrons. The molecule has 1 nitrogen and oxygen atoms in total. The first kappa shape index (κ1) is 16.7. The largest absolute Gasteiger partial charge is 0.313 e. The van der Waals surface area contributed by atoms with Gasteiger partial charge in [-0.1, -0.05) is 54.4 Å². The molecule has 0 saturated carbocycles. The molecule has 0 radical (unpaired) electrons. The van der Waals surface area contributed by atoms with Crippen molar-refractivity contribution in [3.05, 3.63) is 63.6 Å². The lowest BCUT2D eigenvalue weighted by Crippen LogP contribution is -2.13. The van der Waals surface area contributed by atoms with E-state index in [1.165, 1.54) is 5.56 Å². The minimum Gasteiger partial charge on any atom is -0.313 e. The van der Waals surface area contributed by atoms with Gasteiger partial charge in [-0.2, -0.15) is 0 Å². The third kappa shape index (κ3) is 5.23. The first-order chi connectivity index (χ1) is 10.2. The Balaban J connectivity index is 1.96. The second kappa shape index (κ2) is 8.70. The normalized spacial score (nSPS) is 10.8. The van der Waals surface area contributed by atoms with Crippen LogP contribution >= 0.6 is 35.0 Å². The summed E-state index contributed by atoms with van der Waals surface area (Å²) in [6, 6.07) is 14.2. The molecule has 0 amide bonds. The van der Waals surface area contributed by atoms with Crippen LogP contribution in [-0.4, -0.2) is 6.54 Å². The number of hydrogen-bond donors (Lipinski definition) is 1. The van der Waals surface area contributed by atoms with Crippen molar-refractivity contribution in [2.45, 2.75) is 30.5 Å². The van der Waals surface area contributed by atoms with Gasteiger partial charge in [0.05, 0.1) is 5.02 Å². The van der Waals surface area contributed by atoms with E-state index in [-0.39, 0.29) is 0 Å². The maximum Gasteiger partial charge on any atom is 0.0545 e. The van der Waals surface area contributed by atoms with Crippen molar-refractivity contribution >= 4 is 35.0 Å². The van der Waals surface area contributed by atoms with E-state index in [1.807, 2.05) is 30.3 Å². The van der Waals surface area contributed by atoms with Crippen LogP contribution in [0.1, 0.15) is 24.5 Å². The highest BCUT2D eigenvalue weighted by Crippen LogP contribution is 2.32. The first-order valence-electron chi connectivity index (χ1n) is 7.06. The summed E-state index contributed by atoms with van der Waals surface area (Å²) < 4.78 is 0. The van der Waals surface area contributed by atoms with Crippen molar-refractivity contribution in [1.29, 1.82) is 0 Å². The Morgan fingerprint density at radius 1 is 1.05 bits per heavy atom. The predicted molar refractivity (Wildman–Crippen MR) is 94.5 cm³/mol. The van der Waals surface area contributed by atoms with Gasteiger partial charge in [0, 0.05) is 22.2 Å². The molecule has 0 atom stereocenters. The van der Waals surface area contributed by atoms with E-state index >= 15 is 0 Å². The van der Waals surface area contributed by atoms with Gasteiger partial charge >= 0.3 is 0 Å². The van der Waals surface area contributed by atoms with Gasteiger partial charge in [-0.25, -0.2) is 0 Å². The molecule has 0 aliphatic rings. The summed E-state index contributed by atoms with van der Waals surface area (Å²) in [5.41, 5.74) is 2.35. The maximum absolute atomic E-state index is 6.37. The molecule has 0 saturated heterocycles. The smallest absolute Gasteiger partial charge is 0.0545 e. The van der Waals surface area contributed by atoms with Gasteiger partial charge in [-0.3, -0.25) is 0 Å². The Morgan fingerprint density at radius 3 is 2.57 bits per heavy atom. The van der Waals surface area contributed by atoms with Crippen molar-refractivity contribution < 1.29 is 0 Å². The van der Waals surface area contributed by atoms with Gasteiger partial charge in [-0.05, 0) is 42.3 Å². The highest BCUT2D eigenvalue weighted by atomic mass is 35.5. The number of halogens is 2. The monoisotopic (exact) mass is 339 g/mol. The molecule has 0 unspecified atom stereocenters. The van der Waals surface area contributed by atoms with Crippen molar-refractivity contribution in [2.24, 2.45) is 0 Å². The van der Waals surface area contributed by atoms with Gasteiger partial charge in [0.1, 0.15) is 0 Å². The van der Waals surface area contributed by atoms with Crippen LogP contribution in [0.25, 0.3) is 0 Å². The molecule has 0 bridgehead atoms. The van der Waals surface area contributed by atoms with Crippen molar-refractivity contribution in [1.82, 2.24) is 5.32 Å². The molecular formula is C17H19Cl2NS. The summed E-state index contributed by atoms with van der Waals surface area (Å²) in [6.07, 6.45) is 1.14. The van der Waals surface area contributed by atoms with Crippen molar-refractivity contribution in [3.8, 4) is 0 Å². The zero-order chi connectivity index (χ0) is 15.1. The fourth-order valence-electron chi connectivity index (χ4n) is 1.95. The minimum absolute atomic E-state index is 0.807. The summed E-state index contributed by atoms with van der Waals surface area (Å²) >= 11 is 14.3. The molecule has 2 aromatic rings. The molecule has 0 aliphatic carbocycles. The van der Waals surface area contributed by atoms with Crippen molar-refractivity contribution in [3.63, 3.8) is 0 Å². The van der Waals surface area contributed by atoms with Crippen molar-refractivity contribution in [2.75, 3.05) is 6.54 Å². The molecular weight excluding hydrogens is 321 g/mol. The number of hydrogen-bond acceptors (Lipinski definition) is 2. The molecule has 0 aromatic heterocycles. The molecule has 0 spiro atoms. The second-order valence-corrected chi connectivity index (χ2v) is 6.65. The highest BCUT2D eigenvalue weighted by Gasteiger charge is 2.05. The summed E-state index contributed by atoms with van der Waals surface area (Å²) in [5.74, 6) is 0.826. The zero-order valence-corrected chi connectivity index (χ0v) is 14.4. The van der Waals surface area contributed by atoms with Gasteiger partial charge in [-0.15, -0.1) is 11.8 Å². The number of thioether (sulfide) groups is 1. The summed E-state index contributed by atoms with van der Waals surface area (Å²) in [7, 11) is 0. The Labute approximate surface area is 141 Å². The molecule has 2 aromatic carbocycles. The maximum atomic E-state index is 6.37. The van der Waals surface area contributed by atoms with Crippen LogP contribution in [0.15, 0.2) is 47.4 Å². The van der Waals surface area contributed by atoms with E-state index in [2.05, 4.69) is 24.4 Å². The first-order valence-corrected chi connectivity index (χ1v) is 8.80. The Morgan fingerprint density at radius 2 is 1.86 bits per heavy atom. The van der Waals surface area contributed by atoms with E-state index in [0.29, 0.717) is 0 Å². The second-order valence-electron chi connectivity index (χ2n) is 4.82. The lowest BCUT2D eigenvalue weighted by molar-refractivity contribution is 0.675. The van der Waals surface area contributed by atoms with Gasteiger partial charge < -0.3 is 5.32 Å². The number of nitrogens with one attached hydrogen (secondary N) is 1. The van der Waals surface area contributed by atoms with E-state index in [4.69, 9.17) is 23.2 Å². The zero-order valence-electron chi connectivity index (χ0n) is 12.0. The standard InChI is InChI=1S/C17H19Cl2NS/c1-2-9-20-11-13-7-8-17(16(19)10-13)21-12-14-5-3-4-6-15(14)18/h3-8,10,20H,2,9,11-12H2,1H3. The average Bonchev–Trinajstić information content (AvgIpc) is 2.48. The van der Waals surface area contributed by atoms with E-state index in [1.54, 1.807) is 11.8 Å². The Bertz CT molecular complexity index is 587. The Hall–Kier alpha value is -0.670. The predicted octanol–water partition coefficient (Wildman–Crippen LogP) is 5.79. The summed E-state index contributed by atoms with van der Waals surface area (Å²) in [4.78, 5) is 1.09. The van der Waals surface area contributed by atoms with E-state index in [0.717, 1.165) is 45.8 Å². The third-order valence-corrected chi connectivity index (χ3v) is 5.01. The molecule has 0 heterocycles. The molecule has 1 N–H and O–H groups in total. The Kier molecular flexibility index (Phi) is 6.91. The topological polar surface area (TPSA) is 12.0 Å². The number of benzene rings is 2.